The molecule has 2 rings (SSSR count). The number of β-amino-alcohol motifs (C(OH)–C–C–N with tert-alkyl or cyclic N) is 2. The van der Waals surface area contributed by atoms with Crippen molar-refractivity contribution in [3.05, 3.63) is 22.4 Å². The van der Waals surface area contributed by atoms with Gasteiger partial charge >= 0.3 is 0 Å². The Bertz CT molecular complexity index is 600. The van der Waals surface area contributed by atoms with Gasteiger partial charge in [-0.05, 0) is 28.1 Å². The molecule has 0 amide bonds. The molecule has 1 aliphatic heterocycles. The molecule has 1 heterocycles. The molecule has 19 heavy (non-hydrogen) atoms. The van der Waals surface area contributed by atoms with Crippen molar-refractivity contribution in [1.82, 2.24) is 4.31 Å². The molecule has 0 aliphatic carbocycles. The van der Waals surface area contributed by atoms with Gasteiger partial charge in [-0.15, -0.1) is 0 Å². The van der Waals surface area contributed by atoms with Gasteiger partial charge in [0.2, 0.25) is 10.0 Å². The van der Waals surface area contributed by atoms with Gasteiger partial charge in [0.05, 0.1) is 22.4 Å². The zero-order chi connectivity index (χ0) is 14.4. The summed E-state index contributed by atoms with van der Waals surface area (Å²) in [7, 11) is -3.98. The minimum absolute atomic E-state index is 0.0273. The highest BCUT2D eigenvalue weighted by molar-refractivity contribution is 9.10. The van der Waals surface area contributed by atoms with E-state index in [9.17, 15) is 23.0 Å². The summed E-state index contributed by atoms with van der Waals surface area (Å²) in [6, 6.07) is 1.97. The number of aliphatic hydroxyl groups is 2. The van der Waals surface area contributed by atoms with Crippen molar-refractivity contribution < 1.29 is 23.0 Å². The molecule has 2 unspecified atom stereocenters. The molecule has 1 aromatic carbocycles. The zero-order valence-electron chi connectivity index (χ0n) is 9.62. The Hall–Kier alpha value is -0.740. The monoisotopic (exact) mass is 354 g/mol. The molecular weight excluding hydrogens is 343 g/mol. The van der Waals surface area contributed by atoms with Gasteiger partial charge in [-0.2, -0.15) is 4.31 Å². The maximum Gasteiger partial charge on any atom is 0.245 e. The van der Waals surface area contributed by atoms with Crippen molar-refractivity contribution in [1.29, 1.82) is 0 Å². The highest BCUT2D eigenvalue weighted by Crippen LogP contribution is 2.30. The second kappa shape index (κ2) is 4.98. The highest BCUT2D eigenvalue weighted by atomic mass is 79.9. The lowest BCUT2D eigenvalue weighted by Crippen LogP contribution is -2.30. The van der Waals surface area contributed by atoms with E-state index in [1.54, 1.807) is 0 Å². The second-order valence-electron chi connectivity index (χ2n) is 4.26. The summed E-state index contributed by atoms with van der Waals surface area (Å²) >= 11 is 2.89. The summed E-state index contributed by atoms with van der Waals surface area (Å²) in [6.07, 6.45) is -2.28. The van der Waals surface area contributed by atoms with Crippen LogP contribution in [0.3, 0.4) is 0 Å². The van der Waals surface area contributed by atoms with E-state index < -0.39 is 28.0 Å². The molecule has 0 radical (unpaired) electrons. The van der Waals surface area contributed by atoms with Crippen molar-refractivity contribution in [2.24, 2.45) is 0 Å². The SMILES string of the molecule is Nc1cc(F)c(Br)cc1S(=O)(=O)N1CC(O)C(O)C1. The van der Waals surface area contributed by atoms with Crippen molar-refractivity contribution in [3.8, 4) is 0 Å². The van der Waals surface area contributed by atoms with Gasteiger partial charge in [0, 0.05) is 13.1 Å². The molecule has 6 nitrogen and oxygen atoms in total. The van der Waals surface area contributed by atoms with E-state index in [1.165, 1.54) is 0 Å². The van der Waals surface area contributed by atoms with Gasteiger partial charge in [0.1, 0.15) is 10.7 Å². The Morgan fingerprint density at radius 3 is 2.37 bits per heavy atom. The smallest absolute Gasteiger partial charge is 0.245 e. The van der Waals surface area contributed by atoms with Crippen LogP contribution in [0.5, 0.6) is 0 Å². The summed E-state index contributed by atoms with van der Waals surface area (Å²) in [4.78, 5) is -0.262. The first-order chi connectivity index (χ1) is 8.73. The quantitative estimate of drug-likeness (QED) is 0.643. The number of anilines is 1. The van der Waals surface area contributed by atoms with Crippen LogP contribution < -0.4 is 5.73 Å². The first kappa shape index (κ1) is 14.7. The fourth-order valence-corrected chi connectivity index (χ4v) is 3.93. The molecular formula is C10H12BrFN2O4S. The van der Waals surface area contributed by atoms with Crippen molar-refractivity contribution >= 4 is 31.6 Å². The van der Waals surface area contributed by atoms with Gasteiger partial charge in [-0.3, -0.25) is 0 Å². The third-order valence-electron chi connectivity index (χ3n) is 2.90. The molecule has 2 atom stereocenters. The number of aliphatic hydroxyl groups excluding tert-OH is 2. The van der Waals surface area contributed by atoms with Gasteiger partial charge in [0.15, 0.2) is 0 Å². The minimum Gasteiger partial charge on any atom is -0.398 e. The average Bonchev–Trinajstić information content (AvgIpc) is 2.65. The summed E-state index contributed by atoms with van der Waals surface area (Å²) in [5, 5.41) is 18.8. The number of benzene rings is 1. The van der Waals surface area contributed by atoms with Crippen LogP contribution in [0, 0.1) is 5.82 Å². The maximum absolute atomic E-state index is 13.2. The van der Waals surface area contributed by atoms with Gasteiger partial charge < -0.3 is 15.9 Å². The van der Waals surface area contributed by atoms with E-state index in [0.29, 0.717) is 0 Å². The van der Waals surface area contributed by atoms with Gasteiger partial charge in [0.25, 0.3) is 0 Å². The largest absolute Gasteiger partial charge is 0.398 e. The molecule has 0 saturated carbocycles. The number of sulfonamides is 1. The zero-order valence-corrected chi connectivity index (χ0v) is 12.0. The first-order valence-electron chi connectivity index (χ1n) is 5.34. The fourth-order valence-electron chi connectivity index (χ4n) is 1.84. The third kappa shape index (κ3) is 2.61. The van der Waals surface area contributed by atoms with E-state index in [0.717, 1.165) is 16.4 Å². The Kier molecular flexibility index (Phi) is 3.85. The van der Waals surface area contributed by atoms with Crippen LogP contribution in [0.4, 0.5) is 10.1 Å². The van der Waals surface area contributed by atoms with Crippen LogP contribution in [0.25, 0.3) is 0 Å². The van der Waals surface area contributed by atoms with Crippen molar-refractivity contribution in [2.75, 3.05) is 18.8 Å². The summed E-state index contributed by atoms with van der Waals surface area (Å²) in [6.45, 7) is -0.449. The number of nitrogen functional groups attached to an aromatic ring is 1. The van der Waals surface area contributed by atoms with E-state index in [4.69, 9.17) is 5.73 Å². The number of hydrogen-bond donors (Lipinski definition) is 3. The van der Waals surface area contributed by atoms with Crippen LogP contribution in [0.1, 0.15) is 0 Å². The molecule has 1 aromatic rings. The van der Waals surface area contributed by atoms with E-state index in [1.807, 2.05) is 0 Å². The Labute approximate surface area is 117 Å². The Morgan fingerprint density at radius 2 is 1.84 bits per heavy atom. The van der Waals surface area contributed by atoms with Crippen LogP contribution in [-0.2, 0) is 10.0 Å². The van der Waals surface area contributed by atoms with E-state index >= 15 is 0 Å². The Balaban J connectivity index is 2.43. The maximum atomic E-state index is 13.2. The number of hydrogen-bond acceptors (Lipinski definition) is 5. The number of nitrogens with zero attached hydrogens (tertiary/aromatic N) is 1. The van der Waals surface area contributed by atoms with Gasteiger partial charge in [-0.25, -0.2) is 12.8 Å². The van der Waals surface area contributed by atoms with E-state index in [2.05, 4.69) is 15.9 Å². The molecule has 4 N–H and O–H groups in total. The van der Waals surface area contributed by atoms with Crippen LogP contribution >= 0.6 is 15.9 Å². The summed E-state index contributed by atoms with van der Waals surface area (Å²) in [5.41, 5.74) is 5.30. The number of rotatable bonds is 2. The average molecular weight is 355 g/mol. The third-order valence-corrected chi connectivity index (χ3v) is 5.39. The predicted octanol–water partition coefficient (Wildman–Crippen LogP) is -0.103. The number of nitrogens with two attached hydrogens (primary N) is 1. The van der Waals surface area contributed by atoms with Crippen molar-refractivity contribution in [2.45, 2.75) is 17.1 Å². The molecule has 1 saturated heterocycles. The van der Waals surface area contributed by atoms with Crippen molar-refractivity contribution in [3.63, 3.8) is 0 Å². The molecule has 1 aliphatic rings. The highest BCUT2D eigenvalue weighted by Gasteiger charge is 2.38. The predicted molar refractivity (Wildman–Crippen MR) is 69.3 cm³/mol. The molecule has 106 valence electrons. The molecule has 9 heteroatoms. The normalized spacial score (nSPS) is 24.8. The second-order valence-corrected chi connectivity index (χ2v) is 7.02. The topological polar surface area (TPSA) is 104 Å². The summed E-state index contributed by atoms with van der Waals surface area (Å²) < 4.78 is 38.7. The summed E-state index contributed by atoms with van der Waals surface area (Å²) in [5.74, 6) is -0.669. The molecule has 0 spiro atoms. The molecule has 0 aromatic heterocycles. The fraction of sp³-hybridized carbons (Fsp3) is 0.400. The lowest BCUT2D eigenvalue weighted by atomic mass is 10.3. The van der Waals surface area contributed by atoms with Crippen LogP contribution in [0.2, 0.25) is 0 Å². The Morgan fingerprint density at radius 1 is 1.32 bits per heavy atom. The molecule has 1 fully saturated rings. The molecule has 0 bridgehead atoms. The van der Waals surface area contributed by atoms with E-state index in [-0.39, 0.29) is 28.1 Å². The van der Waals surface area contributed by atoms with Crippen LogP contribution in [-0.4, -0.2) is 48.2 Å². The van der Waals surface area contributed by atoms with Crippen LogP contribution in [0.15, 0.2) is 21.5 Å². The first-order valence-corrected chi connectivity index (χ1v) is 7.57. The number of halogens is 2. The lowest BCUT2D eigenvalue weighted by molar-refractivity contribution is 0.0572. The standard InChI is InChI=1S/C10H12BrFN2O4S/c11-5-1-10(7(13)2-6(5)12)19(17,18)14-3-8(15)9(16)4-14/h1-2,8-9,15-16H,3-4,13H2. The minimum atomic E-state index is -3.98. The van der Waals surface area contributed by atoms with Gasteiger partial charge in [-0.1, -0.05) is 0 Å². The lowest BCUT2D eigenvalue weighted by Gasteiger charge is -2.17.